The Hall–Kier alpha value is -3.18. The summed E-state index contributed by atoms with van der Waals surface area (Å²) in [6.45, 7) is 15.3. The molecule has 1 unspecified atom stereocenters. The number of nitrogens with zero attached hydrogens (tertiary/aromatic N) is 2. The average molecular weight is 804 g/mol. The van der Waals surface area contributed by atoms with Crippen LogP contribution in [0.2, 0.25) is 5.02 Å². The zero-order chi connectivity index (χ0) is 41.1. The summed E-state index contributed by atoms with van der Waals surface area (Å²) < 4.78 is 30.5. The molecule has 3 amide bonds. The molecule has 1 atom stereocenters. The summed E-state index contributed by atoms with van der Waals surface area (Å²) in [4.78, 5) is 56.4. The normalized spacial score (nSPS) is 15.1. The molecule has 3 rings (SSSR count). The van der Waals surface area contributed by atoms with Crippen LogP contribution < -0.4 is 10.0 Å². The number of halogens is 1. The first kappa shape index (κ1) is 46.2. The third kappa shape index (κ3) is 13.2. The maximum absolute atomic E-state index is 14.5. The van der Waals surface area contributed by atoms with Gasteiger partial charge in [-0.05, 0) is 55.9 Å². The van der Waals surface area contributed by atoms with Gasteiger partial charge in [0.05, 0.1) is 27.6 Å². The van der Waals surface area contributed by atoms with E-state index in [1.54, 1.807) is 20.8 Å². The minimum absolute atomic E-state index is 0.0365. The van der Waals surface area contributed by atoms with E-state index in [0.29, 0.717) is 24.1 Å². The van der Waals surface area contributed by atoms with Crippen molar-refractivity contribution >= 4 is 56.5 Å². The topological polar surface area (TPSA) is 135 Å². The number of anilines is 2. The highest BCUT2D eigenvalue weighted by molar-refractivity contribution is 7.92. The molecule has 0 bridgehead atoms. The van der Waals surface area contributed by atoms with Crippen LogP contribution in [0.3, 0.4) is 0 Å². The Morgan fingerprint density at radius 3 is 1.91 bits per heavy atom. The van der Waals surface area contributed by atoms with Crippen molar-refractivity contribution in [2.24, 2.45) is 17.9 Å². The van der Waals surface area contributed by atoms with Crippen LogP contribution in [0.15, 0.2) is 18.2 Å². The molecule has 2 N–H and O–H groups in total. The predicted octanol–water partition coefficient (Wildman–Crippen LogP) is 10.1. The van der Waals surface area contributed by atoms with Crippen LogP contribution in [0.5, 0.6) is 0 Å². The number of aromatic nitrogens is 1. The van der Waals surface area contributed by atoms with Crippen molar-refractivity contribution in [3.63, 3.8) is 0 Å². The van der Waals surface area contributed by atoms with E-state index in [4.69, 9.17) is 11.6 Å². The van der Waals surface area contributed by atoms with Crippen LogP contribution in [0, 0.1) is 24.7 Å². The molecule has 10 nitrogen and oxygen atoms in total. The van der Waals surface area contributed by atoms with Crippen molar-refractivity contribution in [3.05, 3.63) is 45.7 Å². The van der Waals surface area contributed by atoms with E-state index < -0.39 is 45.0 Å². The zero-order valence-electron chi connectivity index (χ0n) is 35.0. The number of nitrogens with one attached hydrogen (secondary N) is 2. The molecule has 0 aliphatic carbocycles. The fourth-order valence-corrected chi connectivity index (χ4v) is 8.82. The first-order valence-electron chi connectivity index (χ1n) is 20.4. The van der Waals surface area contributed by atoms with Gasteiger partial charge in [-0.1, -0.05) is 137 Å². The Morgan fingerprint density at radius 2 is 1.42 bits per heavy atom. The first-order valence-corrected chi connectivity index (χ1v) is 22.4. The molecule has 0 radical (unpaired) electrons. The standard InChI is InChI=1S/C43H67ClN4O6S/c1-10-11-12-13-14-15-16-17-18-19-20-21-22-23-26-55(53,54)46-32-24-25-33(44)34(27-32)45-40(51)38(48-36(49)29-43(7,8)41(48)52)39(50)37-30(2)35(28-42(4,5)6)47(9)31(37)3/h24-25,27,38,46H,10-23,26,28-29H2,1-9H3,(H,45,51). The lowest BCUT2D eigenvalue weighted by Gasteiger charge is -2.26. The number of unbranched alkanes of at least 4 members (excludes halogenated alkanes) is 13. The van der Waals surface area contributed by atoms with E-state index >= 15 is 0 Å². The van der Waals surface area contributed by atoms with Gasteiger partial charge in [0.25, 0.3) is 5.91 Å². The number of Topliss-reactive ketones (excluding diaryl/α,β-unsaturated/α-hetero) is 1. The van der Waals surface area contributed by atoms with E-state index in [-0.39, 0.29) is 39.5 Å². The molecule has 1 aromatic carbocycles. The number of sulfonamides is 1. The maximum atomic E-state index is 14.5. The largest absolute Gasteiger partial charge is 0.351 e. The summed E-state index contributed by atoms with van der Waals surface area (Å²) >= 11 is 6.49. The van der Waals surface area contributed by atoms with Crippen molar-refractivity contribution < 1.29 is 27.6 Å². The van der Waals surface area contributed by atoms with Crippen LogP contribution >= 0.6 is 11.6 Å². The summed E-state index contributed by atoms with van der Waals surface area (Å²) in [6, 6.07) is 2.51. The van der Waals surface area contributed by atoms with Gasteiger partial charge in [-0.2, -0.15) is 0 Å². The van der Waals surface area contributed by atoms with E-state index in [9.17, 15) is 27.6 Å². The molecule has 12 heteroatoms. The smallest absolute Gasteiger partial charge is 0.255 e. The van der Waals surface area contributed by atoms with Crippen LogP contribution in [-0.2, 0) is 37.9 Å². The third-order valence-electron chi connectivity index (χ3n) is 10.7. The van der Waals surface area contributed by atoms with Gasteiger partial charge in [0.15, 0.2) is 11.8 Å². The summed E-state index contributed by atoms with van der Waals surface area (Å²) in [7, 11) is -1.84. The molecule has 1 saturated heterocycles. The van der Waals surface area contributed by atoms with Crippen LogP contribution in [0.1, 0.15) is 165 Å². The van der Waals surface area contributed by atoms with Gasteiger partial charge in [0, 0.05) is 30.4 Å². The fourth-order valence-electron chi connectivity index (χ4n) is 7.49. The molecule has 1 aromatic heterocycles. The van der Waals surface area contributed by atoms with Gasteiger partial charge in [-0.3, -0.25) is 28.8 Å². The lowest BCUT2D eigenvalue weighted by atomic mass is 9.88. The van der Waals surface area contributed by atoms with E-state index in [1.165, 1.54) is 82.4 Å². The number of benzene rings is 1. The van der Waals surface area contributed by atoms with Gasteiger partial charge in [0.2, 0.25) is 21.8 Å². The van der Waals surface area contributed by atoms with Crippen molar-refractivity contribution in [2.75, 3.05) is 15.8 Å². The Labute approximate surface area is 336 Å². The quantitative estimate of drug-likeness (QED) is 0.0497. The lowest BCUT2D eigenvalue weighted by Crippen LogP contribution is -2.53. The van der Waals surface area contributed by atoms with Gasteiger partial charge < -0.3 is 9.88 Å². The summed E-state index contributed by atoms with van der Waals surface area (Å²) in [5, 5.41) is 2.74. The highest BCUT2D eigenvalue weighted by Gasteiger charge is 2.52. The fraction of sp³-hybridized carbons (Fsp3) is 0.674. The second-order valence-electron chi connectivity index (χ2n) is 17.4. The minimum Gasteiger partial charge on any atom is -0.351 e. The average Bonchev–Trinajstić information content (AvgIpc) is 3.41. The molecule has 0 spiro atoms. The van der Waals surface area contributed by atoms with Crippen molar-refractivity contribution in [3.8, 4) is 0 Å². The number of imide groups is 1. The van der Waals surface area contributed by atoms with E-state index in [0.717, 1.165) is 29.9 Å². The number of hydrogen-bond acceptors (Lipinski definition) is 6. The van der Waals surface area contributed by atoms with Gasteiger partial charge in [-0.25, -0.2) is 8.42 Å². The second-order valence-corrected chi connectivity index (χ2v) is 19.7. The summed E-state index contributed by atoms with van der Waals surface area (Å²) in [5.74, 6) is -2.89. The predicted molar refractivity (Wildman–Crippen MR) is 224 cm³/mol. The summed E-state index contributed by atoms with van der Waals surface area (Å²) in [6.07, 6.45) is 16.9. The Morgan fingerprint density at radius 1 is 0.891 bits per heavy atom. The number of carbonyl (C=O) groups excluding carboxylic acids is 4. The summed E-state index contributed by atoms with van der Waals surface area (Å²) in [5.41, 5.74) is 1.53. The Bertz CT molecular complexity index is 1780. The van der Waals surface area contributed by atoms with E-state index in [2.05, 4.69) is 37.7 Å². The highest BCUT2D eigenvalue weighted by Crippen LogP contribution is 2.36. The molecule has 1 fully saturated rings. The lowest BCUT2D eigenvalue weighted by molar-refractivity contribution is -0.145. The van der Waals surface area contributed by atoms with Crippen LogP contribution in [0.25, 0.3) is 0 Å². The maximum Gasteiger partial charge on any atom is 0.255 e. The third-order valence-corrected chi connectivity index (χ3v) is 12.4. The zero-order valence-corrected chi connectivity index (χ0v) is 36.5. The minimum atomic E-state index is -3.70. The monoisotopic (exact) mass is 802 g/mol. The van der Waals surface area contributed by atoms with Crippen molar-refractivity contribution in [1.82, 2.24) is 9.47 Å². The molecular weight excluding hydrogens is 736 g/mol. The van der Waals surface area contributed by atoms with Crippen LogP contribution in [-0.4, -0.2) is 53.2 Å². The molecule has 308 valence electrons. The SMILES string of the molecule is CCCCCCCCCCCCCCCCS(=O)(=O)Nc1ccc(Cl)c(NC(=O)C(C(=O)c2c(C)c(CC(C)(C)C)n(C)c2C)N2C(=O)CC(C)(C)C2=O)c1. The second kappa shape index (κ2) is 20.3. The van der Waals surface area contributed by atoms with E-state index in [1.807, 2.05) is 18.5 Å². The highest BCUT2D eigenvalue weighted by atomic mass is 35.5. The van der Waals surface area contributed by atoms with Gasteiger partial charge in [-0.15, -0.1) is 0 Å². The molecule has 2 heterocycles. The number of rotatable bonds is 23. The number of amides is 3. The first-order chi connectivity index (χ1) is 25.7. The van der Waals surface area contributed by atoms with Gasteiger partial charge >= 0.3 is 0 Å². The number of likely N-dealkylation sites (tertiary alicyclic amines) is 1. The number of carbonyl (C=O) groups is 4. The molecule has 55 heavy (non-hydrogen) atoms. The van der Waals surface area contributed by atoms with Crippen LogP contribution in [0.4, 0.5) is 11.4 Å². The van der Waals surface area contributed by atoms with Crippen molar-refractivity contribution in [1.29, 1.82) is 0 Å². The Balaban J connectivity index is 1.68. The number of ketones is 1. The molecule has 2 aromatic rings. The Kier molecular flexibility index (Phi) is 17.1. The molecular formula is C43H67ClN4O6S. The molecule has 0 saturated carbocycles. The number of hydrogen-bond donors (Lipinski definition) is 2. The molecule has 1 aliphatic rings. The molecule has 1 aliphatic heterocycles. The van der Waals surface area contributed by atoms with Gasteiger partial charge in [0.1, 0.15) is 0 Å². The van der Waals surface area contributed by atoms with Crippen molar-refractivity contribution in [2.45, 2.75) is 164 Å².